The predicted molar refractivity (Wildman–Crippen MR) is 76.9 cm³/mol. The van der Waals surface area contributed by atoms with Crippen LogP contribution in [0.15, 0.2) is 22.7 Å². The molecule has 0 aliphatic rings. The van der Waals surface area contributed by atoms with Crippen LogP contribution < -0.4 is 11.1 Å². The van der Waals surface area contributed by atoms with Crippen molar-refractivity contribution in [3.63, 3.8) is 0 Å². The molecular weight excluding hydrogens is 353 g/mol. The minimum Gasteiger partial charge on any atom is -0.385 e. The van der Waals surface area contributed by atoms with E-state index < -0.39 is 23.7 Å². The molecule has 0 saturated carbocycles. The number of anilines is 1. The van der Waals surface area contributed by atoms with Crippen LogP contribution >= 0.6 is 15.9 Å². The highest BCUT2D eigenvalue weighted by molar-refractivity contribution is 9.10. The first-order valence-corrected chi connectivity index (χ1v) is 6.97. The number of nitrogens with two attached hydrogens (primary N) is 1. The molecule has 1 rings (SSSR count). The molecule has 0 aromatic heterocycles. The Labute approximate surface area is 129 Å². The number of halogens is 4. The zero-order valence-corrected chi connectivity index (χ0v) is 12.9. The van der Waals surface area contributed by atoms with Crippen molar-refractivity contribution >= 4 is 27.5 Å². The highest BCUT2D eigenvalue weighted by Gasteiger charge is 2.34. The summed E-state index contributed by atoms with van der Waals surface area (Å²) in [6.45, 7) is 0.438. The Morgan fingerprint density at radius 2 is 2.14 bits per heavy atom. The van der Waals surface area contributed by atoms with E-state index >= 15 is 0 Å². The average molecular weight is 369 g/mol. The summed E-state index contributed by atoms with van der Waals surface area (Å²) >= 11 is 2.97. The standard InChI is InChI=1S/C13H16BrF3N2O2/c1-21-6-2-3-10(18)12(20)19-11-5-4-8(14)7-9(11)13(15,16)17/h4-5,7,10H,2-3,6,18H2,1H3,(H,19,20). The van der Waals surface area contributed by atoms with Gasteiger partial charge in [-0.15, -0.1) is 0 Å². The number of ether oxygens (including phenoxy) is 1. The lowest BCUT2D eigenvalue weighted by molar-refractivity contribution is -0.137. The molecule has 8 heteroatoms. The van der Waals surface area contributed by atoms with Gasteiger partial charge < -0.3 is 15.8 Å². The van der Waals surface area contributed by atoms with Crippen molar-refractivity contribution < 1.29 is 22.7 Å². The molecule has 21 heavy (non-hydrogen) atoms. The molecule has 1 aromatic rings. The smallest absolute Gasteiger partial charge is 0.385 e. The molecule has 4 nitrogen and oxygen atoms in total. The van der Waals surface area contributed by atoms with Gasteiger partial charge >= 0.3 is 6.18 Å². The van der Waals surface area contributed by atoms with Crippen molar-refractivity contribution in [1.29, 1.82) is 0 Å². The Balaban J connectivity index is 2.80. The number of benzene rings is 1. The zero-order valence-electron chi connectivity index (χ0n) is 11.3. The van der Waals surface area contributed by atoms with E-state index in [9.17, 15) is 18.0 Å². The molecule has 0 heterocycles. The summed E-state index contributed by atoms with van der Waals surface area (Å²) in [7, 11) is 1.52. The molecule has 1 amide bonds. The Bertz CT molecular complexity index is 495. The molecule has 0 aliphatic carbocycles. The second-order valence-electron chi connectivity index (χ2n) is 4.42. The highest BCUT2D eigenvalue weighted by Crippen LogP contribution is 2.36. The van der Waals surface area contributed by atoms with Gasteiger partial charge in [0.15, 0.2) is 0 Å². The topological polar surface area (TPSA) is 64.3 Å². The third-order valence-electron chi connectivity index (χ3n) is 2.75. The lowest BCUT2D eigenvalue weighted by atomic mass is 10.1. The van der Waals surface area contributed by atoms with Crippen LogP contribution in [-0.4, -0.2) is 25.7 Å². The maximum Gasteiger partial charge on any atom is 0.418 e. The van der Waals surface area contributed by atoms with E-state index in [0.717, 1.165) is 6.07 Å². The third-order valence-corrected chi connectivity index (χ3v) is 3.24. The lowest BCUT2D eigenvalue weighted by Crippen LogP contribution is -2.36. The zero-order chi connectivity index (χ0) is 16.0. The molecule has 1 unspecified atom stereocenters. The summed E-state index contributed by atoms with van der Waals surface area (Å²) in [6.07, 6.45) is -3.68. The predicted octanol–water partition coefficient (Wildman–Crippen LogP) is 3.16. The lowest BCUT2D eigenvalue weighted by Gasteiger charge is -2.16. The van der Waals surface area contributed by atoms with Gasteiger partial charge in [0.1, 0.15) is 0 Å². The average Bonchev–Trinajstić information content (AvgIpc) is 2.39. The number of hydrogen-bond acceptors (Lipinski definition) is 3. The Morgan fingerprint density at radius 1 is 1.48 bits per heavy atom. The van der Waals surface area contributed by atoms with Gasteiger partial charge in [-0.25, -0.2) is 0 Å². The summed E-state index contributed by atoms with van der Waals surface area (Å²) in [5.74, 6) is -0.654. The number of methoxy groups -OCH3 is 1. The fraction of sp³-hybridized carbons (Fsp3) is 0.462. The highest BCUT2D eigenvalue weighted by atomic mass is 79.9. The maximum absolute atomic E-state index is 12.9. The molecule has 0 fully saturated rings. The van der Waals surface area contributed by atoms with Gasteiger partial charge in [-0.3, -0.25) is 4.79 Å². The first-order chi connectivity index (χ1) is 9.75. The Morgan fingerprint density at radius 3 is 2.71 bits per heavy atom. The van der Waals surface area contributed by atoms with Crippen LogP contribution in [0, 0.1) is 0 Å². The molecule has 0 aliphatic heterocycles. The van der Waals surface area contributed by atoms with Crippen molar-refractivity contribution in [2.45, 2.75) is 25.1 Å². The van der Waals surface area contributed by atoms with E-state index in [1.165, 1.54) is 19.2 Å². The second kappa shape index (κ2) is 7.77. The fourth-order valence-electron chi connectivity index (χ4n) is 1.66. The number of rotatable bonds is 6. The van der Waals surface area contributed by atoms with Gasteiger partial charge in [0.25, 0.3) is 0 Å². The minimum atomic E-state index is -4.56. The van der Waals surface area contributed by atoms with Crippen LogP contribution in [0.1, 0.15) is 18.4 Å². The largest absolute Gasteiger partial charge is 0.418 e. The maximum atomic E-state index is 12.9. The summed E-state index contributed by atoms with van der Waals surface area (Å²) < 4.78 is 43.8. The number of carbonyl (C=O) groups is 1. The number of carbonyl (C=O) groups excluding carboxylic acids is 1. The summed E-state index contributed by atoms with van der Waals surface area (Å²) in [5, 5.41) is 2.23. The molecule has 118 valence electrons. The van der Waals surface area contributed by atoms with Crippen molar-refractivity contribution in [3.8, 4) is 0 Å². The van der Waals surface area contributed by atoms with Gasteiger partial charge in [0.05, 0.1) is 17.3 Å². The monoisotopic (exact) mass is 368 g/mol. The van der Waals surface area contributed by atoms with Crippen molar-refractivity contribution in [1.82, 2.24) is 0 Å². The third kappa shape index (κ3) is 5.64. The number of nitrogens with one attached hydrogen (secondary N) is 1. The van der Waals surface area contributed by atoms with Crippen LogP contribution in [0.25, 0.3) is 0 Å². The molecule has 1 aromatic carbocycles. The van der Waals surface area contributed by atoms with Crippen LogP contribution in [0.3, 0.4) is 0 Å². The molecule has 3 N–H and O–H groups in total. The van der Waals surface area contributed by atoms with E-state index in [4.69, 9.17) is 10.5 Å². The van der Waals surface area contributed by atoms with Crippen LogP contribution in [-0.2, 0) is 15.7 Å². The summed E-state index contributed by atoms with van der Waals surface area (Å²) in [5.41, 5.74) is 4.41. The molecule has 0 radical (unpaired) electrons. The molecule has 1 atom stereocenters. The van der Waals surface area contributed by atoms with Gasteiger partial charge in [-0.2, -0.15) is 13.2 Å². The van der Waals surface area contributed by atoms with Gasteiger partial charge in [0.2, 0.25) is 5.91 Å². The van der Waals surface area contributed by atoms with E-state index in [-0.39, 0.29) is 10.2 Å². The van der Waals surface area contributed by atoms with Crippen molar-refractivity contribution in [3.05, 3.63) is 28.2 Å². The Kier molecular flexibility index (Phi) is 6.63. The molecule has 0 bridgehead atoms. The van der Waals surface area contributed by atoms with E-state index in [0.29, 0.717) is 19.4 Å². The van der Waals surface area contributed by atoms with Crippen LogP contribution in [0.2, 0.25) is 0 Å². The van der Waals surface area contributed by atoms with E-state index in [1.807, 2.05) is 0 Å². The Hall–Kier alpha value is -1.12. The fourth-order valence-corrected chi connectivity index (χ4v) is 2.03. The second-order valence-corrected chi connectivity index (χ2v) is 5.33. The van der Waals surface area contributed by atoms with Gasteiger partial charge in [-0.1, -0.05) is 15.9 Å². The first-order valence-electron chi connectivity index (χ1n) is 6.18. The van der Waals surface area contributed by atoms with E-state index in [1.54, 1.807) is 0 Å². The van der Waals surface area contributed by atoms with Gasteiger partial charge in [0, 0.05) is 18.2 Å². The van der Waals surface area contributed by atoms with Crippen molar-refractivity contribution in [2.24, 2.45) is 5.73 Å². The SMILES string of the molecule is COCCCC(N)C(=O)Nc1ccc(Br)cc1C(F)(F)F. The number of amides is 1. The minimum absolute atomic E-state index is 0.275. The number of hydrogen-bond donors (Lipinski definition) is 2. The normalized spacial score (nSPS) is 13.0. The summed E-state index contributed by atoms with van der Waals surface area (Å²) in [4.78, 5) is 11.8. The molecule has 0 saturated heterocycles. The van der Waals surface area contributed by atoms with Crippen molar-refractivity contribution in [2.75, 3.05) is 19.0 Å². The summed E-state index contributed by atoms with van der Waals surface area (Å²) in [6, 6.07) is 2.63. The van der Waals surface area contributed by atoms with Crippen LogP contribution in [0.5, 0.6) is 0 Å². The van der Waals surface area contributed by atoms with Crippen LogP contribution in [0.4, 0.5) is 18.9 Å². The first kappa shape index (κ1) is 17.9. The molecular formula is C13H16BrF3N2O2. The quantitative estimate of drug-likeness (QED) is 0.758. The van der Waals surface area contributed by atoms with Gasteiger partial charge in [-0.05, 0) is 31.0 Å². The molecule has 0 spiro atoms. The number of alkyl halides is 3. The van der Waals surface area contributed by atoms with E-state index in [2.05, 4.69) is 21.2 Å².